The number of fused-ring (bicyclic) bond motifs is 2. The van der Waals surface area contributed by atoms with Crippen molar-refractivity contribution in [3.8, 4) is 0 Å². The topological polar surface area (TPSA) is 43.4 Å². The first-order valence-corrected chi connectivity index (χ1v) is 4.66. The van der Waals surface area contributed by atoms with Crippen molar-refractivity contribution in [2.45, 2.75) is 6.92 Å². The third-order valence-corrected chi connectivity index (χ3v) is 2.63. The number of hydrogen-bond acceptors (Lipinski definition) is 3. The van der Waals surface area contributed by atoms with Crippen LogP contribution in [0.5, 0.6) is 0 Å². The summed E-state index contributed by atoms with van der Waals surface area (Å²) in [5, 5.41) is 2.00. The van der Waals surface area contributed by atoms with Crippen LogP contribution in [0.4, 0.5) is 0 Å². The molecule has 0 aliphatic heterocycles. The van der Waals surface area contributed by atoms with Crippen LogP contribution in [0.1, 0.15) is 5.56 Å². The molecule has 0 unspecified atom stereocenters. The fourth-order valence-corrected chi connectivity index (χ4v) is 1.85. The van der Waals surface area contributed by atoms with Crippen LogP contribution in [0.2, 0.25) is 0 Å². The normalized spacial score (nSPS) is 11.3. The molecule has 0 N–H and O–H groups in total. The van der Waals surface area contributed by atoms with Crippen molar-refractivity contribution in [1.29, 1.82) is 0 Å². The first-order chi connectivity index (χ1) is 7.25. The largest absolute Gasteiger partial charge is 0.464 e. The van der Waals surface area contributed by atoms with Crippen LogP contribution < -0.4 is 5.63 Å². The molecule has 3 aromatic rings. The van der Waals surface area contributed by atoms with Gasteiger partial charge in [0.2, 0.25) is 0 Å². The van der Waals surface area contributed by atoms with E-state index in [-0.39, 0.29) is 5.63 Å². The summed E-state index contributed by atoms with van der Waals surface area (Å²) >= 11 is 0. The SMILES string of the molecule is Cc1c2ccoc2cc2oc(=O)ccc12. The van der Waals surface area contributed by atoms with Gasteiger partial charge in [-0.05, 0) is 24.6 Å². The van der Waals surface area contributed by atoms with Crippen molar-refractivity contribution in [3.05, 3.63) is 46.5 Å². The lowest BCUT2D eigenvalue weighted by atomic mass is 10.1. The predicted molar refractivity (Wildman–Crippen MR) is 57.0 cm³/mol. The lowest BCUT2D eigenvalue weighted by Gasteiger charge is -2.00. The molecule has 1 aromatic carbocycles. The van der Waals surface area contributed by atoms with Gasteiger partial charge in [0.25, 0.3) is 0 Å². The summed E-state index contributed by atoms with van der Waals surface area (Å²) in [5.41, 5.74) is 2.05. The Morgan fingerprint density at radius 3 is 2.73 bits per heavy atom. The zero-order valence-electron chi connectivity index (χ0n) is 8.11. The number of rotatable bonds is 0. The third kappa shape index (κ3) is 1.09. The van der Waals surface area contributed by atoms with Crippen LogP contribution in [0.3, 0.4) is 0 Å². The fraction of sp³-hybridized carbons (Fsp3) is 0.0833. The van der Waals surface area contributed by atoms with Crippen LogP contribution in [0.25, 0.3) is 21.9 Å². The molecule has 0 fully saturated rings. The maximum absolute atomic E-state index is 11.1. The Balaban J connectivity index is 2.63. The minimum absolute atomic E-state index is 0.340. The van der Waals surface area contributed by atoms with Crippen molar-refractivity contribution in [3.63, 3.8) is 0 Å². The Morgan fingerprint density at radius 2 is 1.87 bits per heavy atom. The van der Waals surface area contributed by atoms with E-state index in [2.05, 4.69) is 0 Å². The molecule has 15 heavy (non-hydrogen) atoms. The van der Waals surface area contributed by atoms with Gasteiger partial charge in [-0.25, -0.2) is 4.79 Å². The summed E-state index contributed by atoms with van der Waals surface area (Å²) < 4.78 is 10.4. The van der Waals surface area contributed by atoms with Gasteiger partial charge in [0.15, 0.2) is 0 Å². The van der Waals surface area contributed by atoms with Crippen LogP contribution in [-0.2, 0) is 0 Å². The summed E-state index contributed by atoms with van der Waals surface area (Å²) in [6.07, 6.45) is 1.63. The van der Waals surface area contributed by atoms with E-state index in [4.69, 9.17) is 8.83 Å². The van der Waals surface area contributed by atoms with Crippen LogP contribution in [-0.4, -0.2) is 0 Å². The quantitative estimate of drug-likeness (QED) is 0.524. The molecule has 0 atom stereocenters. The van der Waals surface area contributed by atoms with Gasteiger partial charge in [-0.2, -0.15) is 0 Å². The van der Waals surface area contributed by atoms with Gasteiger partial charge in [0.05, 0.1) is 6.26 Å². The Kier molecular flexibility index (Phi) is 1.51. The van der Waals surface area contributed by atoms with E-state index in [0.717, 1.165) is 21.9 Å². The number of aryl methyl sites for hydroxylation is 1. The van der Waals surface area contributed by atoms with Gasteiger partial charge in [-0.15, -0.1) is 0 Å². The van der Waals surface area contributed by atoms with Crippen LogP contribution in [0, 0.1) is 6.92 Å². The number of hydrogen-bond donors (Lipinski definition) is 0. The van der Waals surface area contributed by atoms with Gasteiger partial charge in [-0.3, -0.25) is 0 Å². The minimum Gasteiger partial charge on any atom is -0.464 e. The second-order valence-electron chi connectivity index (χ2n) is 3.50. The van der Waals surface area contributed by atoms with Gasteiger partial charge in [0, 0.05) is 22.9 Å². The van der Waals surface area contributed by atoms with Crippen molar-refractivity contribution in [2.75, 3.05) is 0 Å². The van der Waals surface area contributed by atoms with E-state index in [1.54, 1.807) is 18.4 Å². The zero-order chi connectivity index (χ0) is 10.4. The summed E-state index contributed by atoms with van der Waals surface area (Å²) in [6.45, 7) is 1.99. The van der Waals surface area contributed by atoms with Crippen molar-refractivity contribution >= 4 is 21.9 Å². The maximum atomic E-state index is 11.1. The molecule has 0 aliphatic carbocycles. The second kappa shape index (κ2) is 2.73. The highest BCUT2D eigenvalue weighted by atomic mass is 16.4. The molecule has 2 aromatic heterocycles. The number of furan rings is 1. The Labute approximate surface area is 84.9 Å². The molecule has 0 saturated heterocycles. The molecule has 2 heterocycles. The van der Waals surface area contributed by atoms with Gasteiger partial charge in [-0.1, -0.05) is 0 Å². The molecule has 3 nitrogen and oxygen atoms in total. The molecule has 0 amide bonds. The maximum Gasteiger partial charge on any atom is 0.336 e. The molecule has 0 radical (unpaired) electrons. The van der Waals surface area contributed by atoms with E-state index in [0.29, 0.717) is 5.58 Å². The Hall–Kier alpha value is -2.03. The first kappa shape index (κ1) is 8.29. The molecule has 0 bridgehead atoms. The van der Waals surface area contributed by atoms with Crippen LogP contribution >= 0.6 is 0 Å². The molecule has 3 heteroatoms. The molecule has 0 saturated carbocycles. The zero-order valence-corrected chi connectivity index (χ0v) is 8.11. The van der Waals surface area contributed by atoms with Gasteiger partial charge < -0.3 is 8.83 Å². The third-order valence-electron chi connectivity index (χ3n) is 2.63. The standard InChI is InChI=1S/C12H8O3/c1-7-8-2-3-12(13)15-11(8)6-10-9(7)4-5-14-10/h2-6H,1H3. The molecule has 0 aliphatic rings. The second-order valence-corrected chi connectivity index (χ2v) is 3.50. The van der Waals surface area contributed by atoms with Crippen molar-refractivity contribution in [2.24, 2.45) is 0 Å². The monoisotopic (exact) mass is 200 g/mol. The van der Waals surface area contributed by atoms with E-state index in [1.165, 1.54) is 6.07 Å². The predicted octanol–water partition coefficient (Wildman–Crippen LogP) is 2.85. The molecule has 0 spiro atoms. The van der Waals surface area contributed by atoms with E-state index in [9.17, 15) is 4.79 Å². The van der Waals surface area contributed by atoms with Gasteiger partial charge in [0.1, 0.15) is 11.2 Å². The summed E-state index contributed by atoms with van der Waals surface area (Å²) in [7, 11) is 0. The fourth-order valence-electron chi connectivity index (χ4n) is 1.85. The average molecular weight is 200 g/mol. The summed E-state index contributed by atoms with van der Waals surface area (Å²) in [4.78, 5) is 11.1. The van der Waals surface area contributed by atoms with Crippen molar-refractivity contribution < 1.29 is 8.83 Å². The highest BCUT2D eigenvalue weighted by Gasteiger charge is 2.07. The van der Waals surface area contributed by atoms with Crippen molar-refractivity contribution in [1.82, 2.24) is 0 Å². The first-order valence-electron chi connectivity index (χ1n) is 4.66. The molecule has 3 rings (SSSR count). The minimum atomic E-state index is -0.340. The van der Waals surface area contributed by atoms with E-state index in [1.807, 2.05) is 13.0 Å². The molecular formula is C12H8O3. The smallest absolute Gasteiger partial charge is 0.336 e. The highest BCUT2D eigenvalue weighted by molar-refractivity contribution is 5.97. The lowest BCUT2D eigenvalue weighted by Crippen LogP contribution is -1.95. The number of benzene rings is 1. The molecular weight excluding hydrogens is 192 g/mol. The summed E-state index contributed by atoms with van der Waals surface area (Å²) in [5.74, 6) is 0. The summed E-state index contributed by atoms with van der Waals surface area (Å²) in [6, 6.07) is 6.87. The average Bonchev–Trinajstić information content (AvgIpc) is 2.65. The Bertz CT molecular complexity index is 704. The Morgan fingerprint density at radius 1 is 1.07 bits per heavy atom. The van der Waals surface area contributed by atoms with Crippen LogP contribution in [0.15, 0.2) is 44.2 Å². The van der Waals surface area contributed by atoms with E-state index >= 15 is 0 Å². The lowest BCUT2D eigenvalue weighted by molar-refractivity contribution is 0.559. The van der Waals surface area contributed by atoms with Gasteiger partial charge >= 0.3 is 5.63 Å². The van der Waals surface area contributed by atoms with E-state index < -0.39 is 0 Å². The highest BCUT2D eigenvalue weighted by Crippen LogP contribution is 2.27. The molecule has 74 valence electrons.